The van der Waals surface area contributed by atoms with E-state index < -0.39 is 10.0 Å². The molecule has 0 bridgehead atoms. The maximum Gasteiger partial charge on any atom is 0.255 e. The summed E-state index contributed by atoms with van der Waals surface area (Å²) in [6.45, 7) is 5.41. The summed E-state index contributed by atoms with van der Waals surface area (Å²) in [6.07, 6.45) is 6.86. The number of hydrogen-bond donors (Lipinski definition) is 1. The first-order chi connectivity index (χ1) is 14.9. The lowest BCUT2D eigenvalue weighted by atomic mass is 9.99. The highest BCUT2D eigenvalue weighted by molar-refractivity contribution is 7.89. The molecular formula is C23H30N4O3S. The molecule has 0 radical (unpaired) electrons. The third-order valence-corrected chi connectivity index (χ3v) is 8.10. The van der Waals surface area contributed by atoms with E-state index in [2.05, 4.69) is 22.1 Å². The maximum absolute atomic E-state index is 12.8. The van der Waals surface area contributed by atoms with Gasteiger partial charge in [0.25, 0.3) is 5.91 Å². The van der Waals surface area contributed by atoms with Crippen LogP contribution in [-0.2, 0) is 10.0 Å². The van der Waals surface area contributed by atoms with Gasteiger partial charge in [0.05, 0.1) is 16.8 Å². The first-order valence-corrected chi connectivity index (χ1v) is 12.5. The van der Waals surface area contributed by atoms with Crippen molar-refractivity contribution in [2.75, 3.05) is 36.4 Å². The SMILES string of the molecule is CC1CCN(c2ccc(NC(=O)c3ccc(S(=O)(=O)N4CCCCC4)cc3)cn2)CC1. The predicted octanol–water partition coefficient (Wildman–Crippen LogP) is 3.74. The molecule has 2 saturated heterocycles. The van der Waals surface area contributed by atoms with E-state index in [4.69, 9.17) is 0 Å². The zero-order chi connectivity index (χ0) is 21.8. The fourth-order valence-corrected chi connectivity index (χ4v) is 5.64. The number of carbonyl (C=O) groups excluding carboxylic acids is 1. The highest BCUT2D eigenvalue weighted by atomic mass is 32.2. The molecule has 2 aliphatic heterocycles. The molecule has 4 rings (SSSR count). The lowest BCUT2D eigenvalue weighted by Gasteiger charge is -2.31. The van der Waals surface area contributed by atoms with Crippen LogP contribution in [0.4, 0.5) is 11.5 Å². The van der Waals surface area contributed by atoms with Crippen molar-refractivity contribution in [1.29, 1.82) is 0 Å². The Balaban J connectivity index is 1.38. The molecule has 0 atom stereocenters. The molecule has 0 saturated carbocycles. The van der Waals surface area contributed by atoms with Gasteiger partial charge in [-0.1, -0.05) is 13.3 Å². The summed E-state index contributed by atoms with van der Waals surface area (Å²) in [5.41, 5.74) is 1.02. The van der Waals surface area contributed by atoms with Gasteiger partial charge in [0.1, 0.15) is 5.82 Å². The monoisotopic (exact) mass is 442 g/mol. The van der Waals surface area contributed by atoms with Crippen molar-refractivity contribution in [3.05, 3.63) is 48.2 Å². The third kappa shape index (κ3) is 5.07. The highest BCUT2D eigenvalue weighted by Crippen LogP contribution is 2.23. The second-order valence-electron chi connectivity index (χ2n) is 8.52. The molecule has 1 aromatic heterocycles. The first kappa shape index (κ1) is 21.8. The molecule has 7 nitrogen and oxygen atoms in total. The van der Waals surface area contributed by atoms with Gasteiger partial charge >= 0.3 is 0 Å². The second kappa shape index (κ2) is 9.36. The number of rotatable bonds is 5. The minimum atomic E-state index is -3.50. The van der Waals surface area contributed by atoms with E-state index in [1.807, 2.05) is 12.1 Å². The van der Waals surface area contributed by atoms with Crippen molar-refractivity contribution in [2.45, 2.75) is 43.9 Å². The molecule has 1 N–H and O–H groups in total. The number of hydrogen-bond acceptors (Lipinski definition) is 5. The van der Waals surface area contributed by atoms with Crippen LogP contribution < -0.4 is 10.2 Å². The molecule has 2 fully saturated rings. The Hall–Kier alpha value is -2.45. The number of piperidine rings is 2. The van der Waals surface area contributed by atoms with E-state index in [1.165, 1.54) is 29.3 Å². The van der Waals surface area contributed by atoms with Gasteiger partial charge in [0.2, 0.25) is 10.0 Å². The van der Waals surface area contributed by atoms with Gasteiger partial charge in [0, 0.05) is 31.7 Å². The molecule has 0 spiro atoms. The van der Waals surface area contributed by atoms with Crippen molar-refractivity contribution in [3.8, 4) is 0 Å². The molecule has 166 valence electrons. The summed E-state index contributed by atoms with van der Waals surface area (Å²) in [4.78, 5) is 19.6. The number of benzene rings is 1. The van der Waals surface area contributed by atoms with Crippen molar-refractivity contribution in [1.82, 2.24) is 9.29 Å². The van der Waals surface area contributed by atoms with E-state index in [9.17, 15) is 13.2 Å². The van der Waals surface area contributed by atoms with Gasteiger partial charge < -0.3 is 10.2 Å². The van der Waals surface area contributed by atoms with Crippen molar-refractivity contribution in [2.24, 2.45) is 5.92 Å². The van der Waals surface area contributed by atoms with Crippen LogP contribution in [-0.4, -0.2) is 49.8 Å². The summed E-state index contributed by atoms with van der Waals surface area (Å²) in [5, 5.41) is 2.84. The summed E-state index contributed by atoms with van der Waals surface area (Å²) in [5.74, 6) is 1.40. The largest absolute Gasteiger partial charge is 0.357 e. The molecule has 3 heterocycles. The molecule has 0 unspecified atom stereocenters. The Morgan fingerprint density at radius 1 is 0.968 bits per heavy atom. The lowest BCUT2D eigenvalue weighted by Crippen LogP contribution is -2.35. The van der Waals surface area contributed by atoms with Crippen LogP contribution in [0.25, 0.3) is 0 Å². The van der Waals surface area contributed by atoms with Gasteiger partial charge in [-0.15, -0.1) is 0 Å². The molecule has 1 aromatic carbocycles. The van der Waals surface area contributed by atoms with Crippen molar-refractivity contribution in [3.63, 3.8) is 0 Å². The topological polar surface area (TPSA) is 82.6 Å². The zero-order valence-corrected chi connectivity index (χ0v) is 18.8. The summed E-state index contributed by atoms with van der Waals surface area (Å²) in [6, 6.07) is 9.92. The fraction of sp³-hybridized carbons (Fsp3) is 0.478. The lowest BCUT2D eigenvalue weighted by molar-refractivity contribution is 0.102. The summed E-state index contributed by atoms with van der Waals surface area (Å²) in [7, 11) is -3.50. The smallest absolute Gasteiger partial charge is 0.255 e. The molecule has 2 aliphatic rings. The van der Waals surface area contributed by atoms with Gasteiger partial charge in [-0.3, -0.25) is 4.79 Å². The normalized spacial score (nSPS) is 18.7. The Morgan fingerprint density at radius 3 is 2.26 bits per heavy atom. The minimum Gasteiger partial charge on any atom is -0.357 e. The number of nitrogens with one attached hydrogen (secondary N) is 1. The van der Waals surface area contributed by atoms with Crippen LogP contribution in [0.1, 0.15) is 49.4 Å². The summed E-state index contributed by atoms with van der Waals surface area (Å²) < 4.78 is 27.0. The van der Waals surface area contributed by atoms with Crippen LogP contribution in [0.5, 0.6) is 0 Å². The molecule has 1 amide bonds. The number of amides is 1. The van der Waals surface area contributed by atoms with Crippen LogP contribution in [0.3, 0.4) is 0 Å². The number of pyridine rings is 1. The molecule has 0 aliphatic carbocycles. The van der Waals surface area contributed by atoms with Crippen LogP contribution in [0, 0.1) is 5.92 Å². The third-order valence-electron chi connectivity index (χ3n) is 6.18. The minimum absolute atomic E-state index is 0.229. The van der Waals surface area contributed by atoms with Crippen LogP contribution in [0.15, 0.2) is 47.5 Å². The van der Waals surface area contributed by atoms with Crippen molar-refractivity contribution < 1.29 is 13.2 Å². The number of aromatic nitrogens is 1. The second-order valence-corrected chi connectivity index (χ2v) is 10.5. The average molecular weight is 443 g/mol. The Labute approximate surface area is 184 Å². The molecule has 2 aromatic rings. The van der Waals surface area contributed by atoms with E-state index in [1.54, 1.807) is 18.3 Å². The summed E-state index contributed by atoms with van der Waals surface area (Å²) >= 11 is 0. The standard InChI is InChI=1S/C23H30N4O3S/c1-18-11-15-26(16-12-18)22-10-7-20(17-24-22)25-23(28)19-5-8-21(9-6-19)31(29,30)27-13-3-2-4-14-27/h5-10,17-18H,2-4,11-16H2,1H3,(H,25,28). The van der Waals surface area contributed by atoms with Crippen LogP contribution >= 0.6 is 0 Å². The maximum atomic E-state index is 12.8. The number of nitrogens with zero attached hydrogens (tertiary/aromatic N) is 3. The molecule has 31 heavy (non-hydrogen) atoms. The average Bonchev–Trinajstić information content (AvgIpc) is 2.81. The van der Waals surface area contributed by atoms with E-state index in [0.29, 0.717) is 24.3 Å². The fourth-order valence-electron chi connectivity index (χ4n) is 4.12. The van der Waals surface area contributed by atoms with E-state index >= 15 is 0 Å². The number of sulfonamides is 1. The van der Waals surface area contributed by atoms with Crippen molar-refractivity contribution >= 4 is 27.4 Å². The number of anilines is 2. The zero-order valence-electron chi connectivity index (χ0n) is 18.0. The van der Waals surface area contributed by atoms with Gasteiger partial charge in [-0.2, -0.15) is 4.31 Å². The van der Waals surface area contributed by atoms with E-state index in [-0.39, 0.29) is 10.8 Å². The Kier molecular flexibility index (Phi) is 6.57. The van der Waals surface area contributed by atoms with E-state index in [0.717, 1.165) is 44.1 Å². The Bertz CT molecular complexity index is 992. The van der Waals surface area contributed by atoms with Crippen LogP contribution in [0.2, 0.25) is 0 Å². The quantitative estimate of drug-likeness (QED) is 0.763. The van der Waals surface area contributed by atoms with Gasteiger partial charge in [-0.05, 0) is 68.0 Å². The van der Waals surface area contributed by atoms with Gasteiger partial charge in [0.15, 0.2) is 0 Å². The highest BCUT2D eigenvalue weighted by Gasteiger charge is 2.26. The number of carbonyl (C=O) groups is 1. The molecule has 8 heteroatoms. The Morgan fingerprint density at radius 2 is 1.65 bits per heavy atom. The first-order valence-electron chi connectivity index (χ1n) is 11.1. The molecular weight excluding hydrogens is 412 g/mol. The predicted molar refractivity (Wildman–Crippen MR) is 122 cm³/mol. The van der Waals surface area contributed by atoms with Gasteiger partial charge in [-0.25, -0.2) is 13.4 Å².